The molecule has 3 heteroatoms. The van der Waals surface area contributed by atoms with Gasteiger partial charge < -0.3 is 17.7 Å². The second kappa shape index (κ2) is 9.83. The van der Waals surface area contributed by atoms with Gasteiger partial charge in [-0.3, -0.25) is 4.79 Å². The summed E-state index contributed by atoms with van der Waals surface area (Å²) in [6.45, 7) is 25.4. The first-order chi connectivity index (χ1) is 17.1. The maximum atomic E-state index is 13.7. The minimum absolute atomic E-state index is 0.116. The van der Waals surface area contributed by atoms with Gasteiger partial charge in [0, 0.05) is 22.3 Å². The highest BCUT2D eigenvalue weighted by Gasteiger charge is 2.35. The van der Waals surface area contributed by atoms with Crippen LogP contribution in [0.4, 0.5) is 0 Å². The fraction of sp³-hybridized carbons (Fsp3) is 0.457. The van der Waals surface area contributed by atoms with Crippen LogP contribution in [0.1, 0.15) is 105 Å². The third-order valence-electron chi connectivity index (χ3n) is 7.15. The number of carbonyl (C=O) groups is 1. The number of carbonyl (C=O) groups excluding carboxylic acids is 1. The predicted octanol–water partition coefficient (Wildman–Crippen LogP) is 9.22. The maximum absolute atomic E-state index is 13.7. The Hall–Kier alpha value is -2.65. The number of hydrogen-bond acceptors (Lipinski definition) is 3. The molecule has 0 unspecified atom stereocenters. The van der Waals surface area contributed by atoms with Gasteiger partial charge in [0.1, 0.15) is 5.75 Å². The summed E-state index contributed by atoms with van der Waals surface area (Å²) in [5.74, 6) is 0.472. The molecule has 3 rings (SSSR count). The summed E-state index contributed by atoms with van der Waals surface area (Å²) >= 11 is 5.42. The van der Waals surface area contributed by atoms with E-state index in [1.807, 2.05) is 12.1 Å². The SMILES string of the molecule is CC(C)(C)C1=CC(=C(c2ccc([S-])cc2)c2cc(C(C)(C)C)c(O)c(C(C)(C)C)c2)C=C(C(C)(C)C)C1=O. The van der Waals surface area contributed by atoms with E-state index in [-0.39, 0.29) is 27.4 Å². The van der Waals surface area contributed by atoms with Gasteiger partial charge in [-0.05, 0) is 68.2 Å². The van der Waals surface area contributed by atoms with Crippen LogP contribution in [-0.2, 0) is 28.3 Å². The molecule has 2 aromatic carbocycles. The van der Waals surface area contributed by atoms with Crippen LogP contribution >= 0.6 is 0 Å². The first-order valence-corrected chi connectivity index (χ1v) is 13.9. The van der Waals surface area contributed by atoms with Crippen molar-refractivity contribution in [3.8, 4) is 5.75 Å². The molecule has 0 radical (unpaired) electrons. The molecule has 0 aromatic heterocycles. The summed E-state index contributed by atoms with van der Waals surface area (Å²) in [5.41, 5.74) is 6.37. The lowest BCUT2D eigenvalue weighted by molar-refractivity contribution is -0.114. The highest BCUT2D eigenvalue weighted by molar-refractivity contribution is 7.58. The Kier molecular flexibility index (Phi) is 7.73. The summed E-state index contributed by atoms with van der Waals surface area (Å²) in [6.07, 6.45) is 4.16. The van der Waals surface area contributed by atoms with E-state index in [0.29, 0.717) is 5.75 Å². The van der Waals surface area contributed by atoms with Crippen molar-refractivity contribution in [3.05, 3.63) is 87.5 Å². The number of aromatic hydroxyl groups is 1. The lowest BCUT2D eigenvalue weighted by Crippen LogP contribution is -2.28. The average Bonchev–Trinajstić information content (AvgIpc) is 2.73. The minimum atomic E-state index is -0.315. The van der Waals surface area contributed by atoms with E-state index in [0.717, 1.165) is 49.4 Å². The number of allylic oxidation sites excluding steroid dienone is 5. The minimum Gasteiger partial charge on any atom is -0.780 e. The fourth-order valence-corrected chi connectivity index (χ4v) is 5.07. The molecule has 2 aromatic rings. The smallest absolute Gasteiger partial charge is 0.186 e. The first-order valence-electron chi connectivity index (χ1n) is 13.5. The molecule has 1 N–H and O–H groups in total. The van der Waals surface area contributed by atoms with E-state index in [1.54, 1.807) is 0 Å². The fourth-order valence-electron chi connectivity index (χ4n) is 4.93. The summed E-state index contributed by atoms with van der Waals surface area (Å²) < 4.78 is 0. The number of benzene rings is 2. The molecule has 38 heavy (non-hydrogen) atoms. The van der Waals surface area contributed by atoms with Gasteiger partial charge >= 0.3 is 0 Å². The Morgan fingerprint density at radius 1 is 0.632 bits per heavy atom. The second-order valence-corrected chi connectivity index (χ2v) is 15.2. The lowest BCUT2D eigenvalue weighted by Gasteiger charge is -2.32. The molecule has 0 fully saturated rings. The molecule has 0 heterocycles. The predicted molar refractivity (Wildman–Crippen MR) is 164 cm³/mol. The zero-order chi connectivity index (χ0) is 29.0. The van der Waals surface area contributed by atoms with Crippen LogP contribution in [0.15, 0.2) is 70.2 Å². The highest BCUT2D eigenvalue weighted by Crippen LogP contribution is 2.45. The standard InChI is InChI=1S/C35H46O2S/c1-32(2,3)25-17-22(18-26(30(25)36)33(4,5)6)29(21-13-15-24(38)16-14-21)23-19-27(34(7,8)9)31(37)28(20-23)35(10,11)12/h13-20,36,38H,1-12H3/p-1. The zero-order valence-corrected chi connectivity index (χ0v) is 26.2. The molecule has 0 saturated carbocycles. The van der Waals surface area contributed by atoms with Crippen LogP contribution in [0.25, 0.3) is 5.57 Å². The molecular formula is C35H45O2S-. The summed E-state index contributed by atoms with van der Waals surface area (Å²) in [5, 5.41) is 11.4. The molecule has 0 amide bonds. The zero-order valence-electron chi connectivity index (χ0n) is 25.4. The number of rotatable bonds is 2. The summed E-state index contributed by atoms with van der Waals surface area (Å²) in [6, 6.07) is 12.3. The second-order valence-electron chi connectivity index (χ2n) is 14.7. The van der Waals surface area contributed by atoms with Gasteiger partial charge in [0.25, 0.3) is 0 Å². The van der Waals surface area contributed by atoms with Crippen molar-refractivity contribution in [2.75, 3.05) is 0 Å². The van der Waals surface area contributed by atoms with Crippen molar-refractivity contribution in [1.82, 2.24) is 0 Å². The van der Waals surface area contributed by atoms with Gasteiger partial charge in [-0.15, -0.1) is 0 Å². The van der Waals surface area contributed by atoms with Gasteiger partial charge in [-0.1, -0.05) is 107 Å². The normalized spacial score (nSPS) is 15.4. The molecule has 204 valence electrons. The van der Waals surface area contributed by atoms with E-state index in [2.05, 4.69) is 120 Å². The number of ketones is 1. The van der Waals surface area contributed by atoms with Crippen molar-refractivity contribution in [1.29, 1.82) is 0 Å². The number of phenolic OH excluding ortho intramolecular Hbond substituents is 1. The van der Waals surface area contributed by atoms with Gasteiger partial charge in [-0.25, -0.2) is 0 Å². The highest BCUT2D eigenvalue weighted by atomic mass is 32.1. The molecule has 0 spiro atoms. The van der Waals surface area contributed by atoms with Crippen LogP contribution < -0.4 is 0 Å². The Morgan fingerprint density at radius 2 is 1.03 bits per heavy atom. The Bertz CT molecular complexity index is 1270. The average molecular weight is 530 g/mol. The molecule has 1 aliphatic carbocycles. The van der Waals surface area contributed by atoms with Crippen molar-refractivity contribution in [3.63, 3.8) is 0 Å². The third-order valence-corrected chi connectivity index (χ3v) is 7.42. The number of Topliss-reactive ketones (excluding diaryl/α,β-unsaturated/α-hetero) is 1. The summed E-state index contributed by atoms with van der Waals surface area (Å²) in [4.78, 5) is 14.5. The Balaban J connectivity index is 2.58. The van der Waals surface area contributed by atoms with Crippen LogP contribution in [0.5, 0.6) is 5.75 Å². The van der Waals surface area contributed by atoms with Crippen molar-refractivity contribution < 1.29 is 9.90 Å². The monoisotopic (exact) mass is 529 g/mol. The van der Waals surface area contributed by atoms with Crippen molar-refractivity contribution in [2.45, 2.75) is 98.8 Å². The van der Waals surface area contributed by atoms with Crippen LogP contribution in [0, 0.1) is 10.8 Å². The van der Waals surface area contributed by atoms with E-state index < -0.39 is 0 Å². The van der Waals surface area contributed by atoms with Crippen molar-refractivity contribution >= 4 is 24.0 Å². The van der Waals surface area contributed by atoms with Gasteiger partial charge in [0.15, 0.2) is 5.78 Å². The quantitative estimate of drug-likeness (QED) is 0.394. The van der Waals surface area contributed by atoms with Crippen LogP contribution in [0.2, 0.25) is 0 Å². The molecule has 2 nitrogen and oxygen atoms in total. The molecule has 0 atom stereocenters. The molecule has 0 aliphatic heterocycles. The first kappa shape index (κ1) is 29.9. The molecule has 1 aliphatic rings. The van der Waals surface area contributed by atoms with E-state index in [9.17, 15) is 9.90 Å². The van der Waals surface area contributed by atoms with E-state index in [4.69, 9.17) is 12.6 Å². The Morgan fingerprint density at radius 3 is 1.37 bits per heavy atom. The Labute approximate surface area is 236 Å². The van der Waals surface area contributed by atoms with Crippen molar-refractivity contribution in [2.24, 2.45) is 10.8 Å². The number of phenols is 1. The topological polar surface area (TPSA) is 37.3 Å². The maximum Gasteiger partial charge on any atom is 0.186 e. The van der Waals surface area contributed by atoms with E-state index in [1.165, 1.54) is 0 Å². The van der Waals surface area contributed by atoms with Gasteiger partial charge in [0.05, 0.1) is 0 Å². The molecule has 0 saturated heterocycles. The van der Waals surface area contributed by atoms with E-state index >= 15 is 0 Å². The summed E-state index contributed by atoms with van der Waals surface area (Å²) in [7, 11) is 0. The lowest BCUT2D eigenvalue weighted by atomic mass is 9.70. The van der Waals surface area contributed by atoms with Crippen LogP contribution in [0.3, 0.4) is 0 Å². The molecule has 0 bridgehead atoms. The molecular weight excluding hydrogens is 484 g/mol. The third kappa shape index (κ3) is 6.15. The van der Waals surface area contributed by atoms with Gasteiger partial charge in [0.2, 0.25) is 0 Å². The van der Waals surface area contributed by atoms with Gasteiger partial charge in [-0.2, -0.15) is 4.90 Å². The largest absolute Gasteiger partial charge is 0.780 e. The van der Waals surface area contributed by atoms with Crippen LogP contribution in [-0.4, -0.2) is 10.9 Å². The number of hydrogen-bond donors (Lipinski definition) is 1.